The summed E-state index contributed by atoms with van der Waals surface area (Å²) >= 11 is 0. The van der Waals surface area contributed by atoms with Crippen LogP contribution in [0.2, 0.25) is 0 Å². The minimum absolute atomic E-state index is 0.0505. The van der Waals surface area contributed by atoms with Gasteiger partial charge in [0.1, 0.15) is 0 Å². The summed E-state index contributed by atoms with van der Waals surface area (Å²) in [5.41, 5.74) is 1.84. The van der Waals surface area contributed by atoms with Crippen LogP contribution >= 0.6 is 0 Å². The maximum atomic E-state index is 11.6. The maximum absolute atomic E-state index is 11.6. The van der Waals surface area contributed by atoms with Crippen LogP contribution in [0.4, 0.5) is 0 Å². The number of rotatable bonds is 8. The Morgan fingerprint density at radius 1 is 0.800 bits per heavy atom. The average molecular weight is 435 g/mol. The Hall–Kier alpha value is -3.40. The van der Waals surface area contributed by atoms with E-state index in [4.69, 9.17) is 27.7 Å². The molecule has 9 nitrogen and oxygen atoms in total. The zero-order valence-electron chi connectivity index (χ0n) is 17.1. The number of aromatic nitrogens is 1. The average Bonchev–Trinajstić information content (AvgIpc) is 3.21. The van der Waals surface area contributed by atoms with Crippen LogP contribution in [0.15, 0.2) is 41.1 Å². The van der Waals surface area contributed by atoms with Crippen LogP contribution in [0.25, 0.3) is 22.5 Å². The summed E-state index contributed by atoms with van der Waals surface area (Å²) in [5, 5.41) is 3.90. The van der Waals surface area contributed by atoms with Crippen LogP contribution in [0.5, 0.6) is 28.7 Å². The standard InChI is InChI=1S/C20H21NO8S/c1-24-15-7-6-12(8-16(15)29-30(5,22)23)14-11-21-28-19(14)13-9-17(25-2)20(27-4)18(10-13)26-3/h6-11H,1-5H3. The molecule has 160 valence electrons. The van der Waals surface area contributed by atoms with Crippen molar-refractivity contribution >= 4 is 10.1 Å². The fraction of sp³-hybridized carbons (Fsp3) is 0.250. The predicted octanol–water partition coefficient (Wildman–Crippen LogP) is 3.38. The van der Waals surface area contributed by atoms with E-state index in [1.165, 1.54) is 40.7 Å². The molecule has 2 aromatic carbocycles. The van der Waals surface area contributed by atoms with E-state index in [2.05, 4.69) is 5.16 Å². The van der Waals surface area contributed by atoms with Crippen molar-refractivity contribution in [3.05, 3.63) is 36.5 Å². The predicted molar refractivity (Wildman–Crippen MR) is 109 cm³/mol. The lowest BCUT2D eigenvalue weighted by atomic mass is 10.0. The van der Waals surface area contributed by atoms with Crippen LogP contribution in [0.3, 0.4) is 0 Å². The van der Waals surface area contributed by atoms with Crippen LogP contribution in [0, 0.1) is 0 Å². The number of ether oxygens (including phenoxy) is 4. The highest BCUT2D eigenvalue weighted by Gasteiger charge is 2.21. The summed E-state index contributed by atoms with van der Waals surface area (Å²) in [6.45, 7) is 0. The molecule has 0 aliphatic rings. The number of nitrogens with zero attached hydrogens (tertiary/aromatic N) is 1. The molecule has 0 bridgehead atoms. The number of hydrogen-bond acceptors (Lipinski definition) is 9. The lowest BCUT2D eigenvalue weighted by Gasteiger charge is -2.14. The first-order valence-corrected chi connectivity index (χ1v) is 10.5. The molecule has 0 N–H and O–H groups in total. The second-order valence-electron chi connectivity index (χ2n) is 6.14. The first-order valence-electron chi connectivity index (χ1n) is 8.64. The van der Waals surface area contributed by atoms with Gasteiger partial charge in [0.25, 0.3) is 0 Å². The second kappa shape index (κ2) is 8.54. The molecule has 3 aromatic rings. The monoisotopic (exact) mass is 435 g/mol. The molecule has 30 heavy (non-hydrogen) atoms. The fourth-order valence-electron chi connectivity index (χ4n) is 2.94. The van der Waals surface area contributed by atoms with Crippen molar-refractivity contribution in [3.8, 4) is 51.2 Å². The molecular formula is C20H21NO8S. The van der Waals surface area contributed by atoms with E-state index in [1.54, 1.807) is 24.3 Å². The molecule has 3 rings (SSSR count). The van der Waals surface area contributed by atoms with Crippen LogP contribution < -0.4 is 23.1 Å². The number of hydrogen-bond donors (Lipinski definition) is 0. The molecule has 0 aliphatic heterocycles. The third-order valence-corrected chi connectivity index (χ3v) is 4.70. The Bertz CT molecular complexity index is 1130. The Labute approximate surface area is 174 Å². The highest BCUT2D eigenvalue weighted by Crippen LogP contribution is 2.44. The summed E-state index contributed by atoms with van der Waals surface area (Å²) in [5.74, 6) is 2.09. The summed E-state index contributed by atoms with van der Waals surface area (Å²) in [4.78, 5) is 0. The Morgan fingerprint density at radius 3 is 1.93 bits per heavy atom. The number of benzene rings is 2. The zero-order chi connectivity index (χ0) is 21.9. The topological polar surface area (TPSA) is 106 Å². The molecule has 1 aromatic heterocycles. The van der Waals surface area contributed by atoms with E-state index < -0.39 is 10.1 Å². The Balaban J connectivity index is 2.14. The Kier molecular flexibility index (Phi) is 6.06. The summed E-state index contributed by atoms with van der Waals surface area (Å²) in [6, 6.07) is 8.32. The molecule has 0 radical (unpaired) electrons. The van der Waals surface area contributed by atoms with Crippen molar-refractivity contribution in [3.63, 3.8) is 0 Å². The zero-order valence-corrected chi connectivity index (χ0v) is 17.9. The Morgan fingerprint density at radius 2 is 1.40 bits per heavy atom. The molecule has 10 heteroatoms. The van der Waals surface area contributed by atoms with Crippen molar-refractivity contribution in [2.45, 2.75) is 0 Å². The van der Waals surface area contributed by atoms with Crippen molar-refractivity contribution in [2.75, 3.05) is 34.7 Å². The van der Waals surface area contributed by atoms with Gasteiger partial charge in [0, 0.05) is 11.1 Å². The fourth-order valence-corrected chi connectivity index (χ4v) is 3.39. The van der Waals surface area contributed by atoms with Crippen molar-refractivity contribution in [1.29, 1.82) is 0 Å². The molecule has 0 saturated heterocycles. The summed E-state index contributed by atoms with van der Waals surface area (Å²) in [7, 11) is 2.22. The van der Waals surface area contributed by atoms with Gasteiger partial charge in [-0.1, -0.05) is 11.2 Å². The summed E-state index contributed by atoms with van der Waals surface area (Å²) < 4.78 is 55.1. The van der Waals surface area contributed by atoms with Gasteiger partial charge in [-0.3, -0.25) is 0 Å². The third kappa shape index (κ3) is 4.28. The molecule has 0 atom stereocenters. The molecule has 0 aliphatic carbocycles. The normalized spacial score (nSPS) is 11.1. The van der Waals surface area contributed by atoms with Crippen LogP contribution in [-0.4, -0.2) is 48.3 Å². The van der Waals surface area contributed by atoms with Crippen LogP contribution in [-0.2, 0) is 10.1 Å². The van der Waals surface area contributed by atoms with E-state index in [1.807, 2.05) is 0 Å². The van der Waals surface area contributed by atoms with Gasteiger partial charge >= 0.3 is 10.1 Å². The molecule has 0 unspecified atom stereocenters. The highest BCUT2D eigenvalue weighted by molar-refractivity contribution is 7.86. The lowest BCUT2D eigenvalue weighted by molar-refractivity contribution is 0.324. The van der Waals surface area contributed by atoms with E-state index in [0.717, 1.165) is 6.26 Å². The van der Waals surface area contributed by atoms with Crippen molar-refractivity contribution in [1.82, 2.24) is 5.16 Å². The molecule has 1 heterocycles. The van der Waals surface area contributed by atoms with Crippen molar-refractivity contribution in [2.24, 2.45) is 0 Å². The van der Waals surface area contributed by atoms with Crippen molar-refractivity contribution < 1.29 is 36.1 Å². The molecular weight excluding hydrogens is 414 g/mol. The summed E-state index contributed by atoms with van der Waals surface area (Å²) in [6.07, 6.45) is 2.48. The van der Waals surface area contributed by atoms with Gasteiger partial charge in [0.15, 0.2) is 28.8 Å². The minimum Gasteiger partial charge on any atom is -0.493 e. The van der Waals surface area contributed by atoms with Gasteiger partial charge < -0.3 is 27.7 Å². The smallest absolute Gasteiger partial charge is 0.306 e. The molecule has 0 amide bonds. The van der Waals surface area contributed by atoms with Crippen LogP contribution in [0.1, 0.15) is 0 Å². The van der Waals surface area contributed by atoms with E-state index >= 15 is 0 Å². The van der Waals surface area contributed by atoms with Gasteiger partial charge in [-0.25, -0.2) is 0 Å². The molecule has 0 fully saturated rings. The first kappa shape index (κ1) is 21.3. The van der Waals surface area contributed by atoms with E-state index in [0.29, 0.717) is 39.7 Å². The van der Waals surface area contributed by atoms with Gasteiger partial charge in [0.2, 0.25) is 5.75 Å². The van der Waals surface area contributed by atoms with Gasteiger partial charge in [-0.2, -0.15) is 8.42 Å². The molecule has 0 spiro atoms. The minimum atomic E-state index is -3.75. The first-order chi connectivity index (χ1) is 14.3. The quantitative estimate of drug-likeness (QED) is 0.492. The maximum Gasteiger partial charge on any atom is 0.306 e. The van der Waals surface area contributed by atoms with E-state index in [9.17, 15) is 8.42 Å². The molecule has 0 saturated carbocycles. The van der Waals surface area contributed by atoms with E-state index in [-0.39, 0.29) is 11.5 Å². The van der Waals surface area contributed by atoms with Gasteiger partial charge in [-0.15, -0.1) is 0 Å². The highest BCUT2D eigenvalue weighted by atomic mass is 32.2. The third-order valence-electron chi connectivity index (χ3n) is 4.21. The number of methoxy groups -OCH3 is 4. The van der Waals surface area contributed by atoms with Gasteiger partial charge in [-0.05, 0) is 29.8 Å². The van der Waals surface area contributed by atoms with Gasteiger partial charge in [0.05, 0.1) is 40.9 Å². The SMILES string of the molecule is COc1ccc(-c2cnoc2-c2cc(OC)c(OC)c(OC)c2)cc1OS(C)(=O)=O. The second-order valence-corrected chi connectivity index (χ2v) is 7.71. The largest absolute Gasteiger partial charge is 0.493 e. The lowest BCUT2D eigenvalue weighted by Crippen LogP contribution is -2.06.